The summed E-state index contributed by atoms with van der Waals surface area (Å²) >= 11 is 5.95. The SMILES string of the molecule is CCC(CC)(CN)C(=O)Nc1ccc(C(N)=O)c(Cl)c1. The molecule has 0 aliphatic heterocycles. The Morgan fingerprint density at radius 2 is 1.90 bits per heavy atom. The van der Waals surface area contributed by atoms with Gasteiger partial charge in [-0.1, -0.05) is 25.4 Å². The Labute approximate surface area is 123 Å². The molecule has 0 heterocycles. The minimum absolute atomic E-state index is 0.145. The smallest absolute Gasteiger partial charge is 0.250 e. The number of nitrogens with two attached hydrogens (primary N) is 2. The second-order valence-electron chi connectivity index (χ2n) is 4.70. The monoisotopic (exact) mass is 297 g/mol. The van der Waals surface area contributed by atoms with E-state index >= 15 is 0 Å². The number of primary amides is 1. The lowest BCUT2D eigenvalue weighted by molar-refractivity contribution is -0.125. The zero-order valence-corrected chi connectivity index (χ0v) is 12.5. The number of anilines is 1. The Kier molecular flexibility index (Phi) is 5.53. The maximum atomic E-state index is 12.3. The molecule has 6 heteroatoms. The molecule has 5 nitrogen and oxygen atoms in total. The van der Waals surface area contributed by atoms with Crippen LogP contribution in [-0.4, -0.2) is 18.4 Å². The molecular formula is C14H20ClN3O2. The highest BCUT2D eigenvalue weighted by molar-refractivity contribution is 6.34. The summed E-state index contributed by atoms with van der Waals surface area (Å²) in [7, 11) is 0. The number of halogens is 1. The first-order chi connectivity index (χ1) is 9.40. The topological polar surface area (TPSA) is 98.2 Å². The van der Waals surface area contributed by atoms with Gasteiger partial charge in [0.25, 0.3) is 0 Å². The number of nitrogens with one attached hydrogen (secondary N) is 1. The van der Waals surface area contributed by atoms with Crippen molar-refractivity contribution in [3.63, 3.8) is 0 Å². The second kappa shape index (κ2) is 6.72. The first kappa shape index (κ1) is 16.5. The van der Waals surface area contributed by atoms with E-state index in [4.69, 9.17) is 23.1 Å². The Hall–Kier alpha value is -1.59. The van der Waals surface area contributed by atoms with Gasteiger partial charge in [0.05, 0.1) is 16.0 Å². The zero-order valence-electron chi connectivity index (χ0n) is 11.7. The number of carbonyl (C=O) groups excluding carboxylic acids is 2. The Morgan fingerprint density at radius 1 is 1.30 bits per heavy atom. The molecule has 20 heavy (non-hydrogen) atoms. The van der Waals surface area contributed by atoms with Crippen molar-refractivity contribution in [2.24, 2.45) is 16.9 Å². The number of hydrogen-bond acceptors (Lipinski definition) is 3. The summed E-state index contributed by atoms with van der Waals surface area (Å²) in [5.41, 5.74) is 11.1. The van der Waals surface area contributed by atoms with Crippen molar-refractivity contribution < 1.29 is 9.59 Å². The molecule has 0 atom stereocenters. The fourth-order valence-corrected chi connectivity index (χ4v) is 2.28. The minimum atomic E-state index is -0.605. The van der Waals surface area contributed by atoms with Gasteiger partial charge >= 0.3 is 0 Å². The van der Waals surface area contributed by atoms with Gasteiger partial charge in [-0.3, -0.25) is 9.59 Å². The van der Waals surface area contributed by atoms with Crippen LogP contribution in [0.2, 0.25) is 5.02 Å². The molecule has 0 fully saturated rings. The van der Waals surface area contributed by atoms with Gasteiger partial charge in [-0.2, -0.15) is 0 Å². The summed E-state index contributed by atoms with van der Waals surface area (Å²) in [5, 5.41) is 3.00. The van der Waals surface area contributed by atoms with Crippen LogP contribution < -0.4 is 16.8 Å². The molecule has 1 aromatic carbocycles. The van der Waals surface area contributed by atoms with Crippen molar-refractivity contribution in [3.8, 4) is 0 Å². The normalized spacial score (nSPS) is 11.2. The van der Waals surface area contributed by atoms with Crippen LogP contribution in [-0.2, 0) is 4.79 Å². The molecule has 0 aliphatic rings. The zero-order chi connectivity index (χ0) is 15.3. The maximum absolute atomic E-state index is 12.3. The number of carbonyl (C=O) groups is 2. The van der Waals surface area contributed by atoms with E-state index in [1.165, 1.54) is 12.1 Å². The average Bonchev–Trinajstić information content (AvgIpc) is 2.41. The van der Waals surface area contributed by atoms with E-state index in [2.05, 4.69) is 5.32 Å². The van der Waals surface area contributed by atoms with Crippen LogP contribution >= 0.6 is 11.6 Å². The van der Waals surface area contributed by atoms with Gasteiger partial charge in [0.15, 0.2) is 0 Å². The third kappa shape index (κ3) is 3.29. The van der Waals surface area contributed by atoms with Crippen LogP contribution in [0.15, 0.2) is 18.2 Å². The highest BCUT2D eigenvalue weighted by Gasteiger charge is 2.33. The summed E-state index contributed by atoms with van der Waals surface area (Å²) in [4.78, 5) is 23.4. The number of amides is 2. The van der Waals surface area contributed by atoms with E-state index in [0.717, 1.165) is 0 Å². The van der Waals surface area contributed by atoms with Gasteiger partial charge in [-0.05, 0) is 31.0 Å². The predicted octanol–water partition coefficient (Wildman–Crippen LogP) is 2.14. The molecule has 0 saturated carbocycles. The quantitative estimate of drug-likeness (QED) is 0.750. The summed E-state index contributed by atoms with van der Waals surface area (Å²) in [6.07, 6.45) is 1.30. The van der Waals surface area contributed by atoms with Gasteiger partial charge in [0, 0.05) is 12.2 Å². The fraction of sp³-hybridized carbons (Fsp3) is 0.429. The summed E-state index contributed by atoms with van der Waals surface area (Å²) in [6.45, 7) is 4.14. The number of benzene rings is 1. The second-order valence-corrected chi connectivity index (χ2v) is 5.11. The van der Waals surface area contributed by atoms with Crippen molar-refractivity contribution in [1.29, 1.82) is 0 Å². The maximum Gasteiger partial charge on any atom is 0.250 e. The Bertz CT molecular complexity index is 505. The largest absolute Gasteiger partial charge is 0.366 e. The molecule has 2 amide bonds. The standard InChI is InChI=1S/C14H20ClN3O2/c1-3-14(4-2,8-16)13(20)18-9-5-6-10(12(17)19)11(15)7-9/h5-7H,3-4,8,16H2,1-2H3,(H2,17,19)(H,18,20). The summed E-state index contributed by atoms with van der Waals surface area (Å²) in [5.74, 6) is -0.751. The molecule has 0 radical (unpaired) electrons. The first-order valence-corrected chi connectivity index (χ1v) is 6.89. The Balaban J connectivity index is 2.96. The lowest BCUT2D eigenvalue weighted by Gasteiger charge is -2.28. The first-order valence-electron chi connectivity index (χ1n) is 6.51. The molecule has 0 spiro atoms. The van der Waals surface area contributed by atoms with Crippen LogP contribution in [0.4, 0.5) is 5.69 Å². The van der Waals surface area contributed by atoms with E-state index in [-0.39, 0.29) is 23.0 Å². The average molecular weight is 298 g/mol. The Morgan fingerprint density at radius 3 is 2.30 bits per heavy atom. The van der Waals surface area contributed by atoms with Crippen LogP contribution in [0.3, 0.4) is 0 Å². The fourth-order valence-electron chi connectivity index (χ4n) is 2.01. The van der Waals surface area contributed by atoms with Crippen molar-refractivity contribution >= 4 is 29.1 Å². The molecule has 0 unspecified atom stereocenters. The van der Waals surface area contributed by atoms with Crippen LogP contribution in [0.25, 0.3) is 0 Å². The molecule has 1 aromatic rings. The van der Waals surface area contributed by atoms with Crippen LogP contribution in [0, 0.1) is 5.41 Å². The van der Waals surface area contributed by atoms with Gasteiger partial charge in [0.1, 0.15) is 0 Å². The molecule has 1 rings (SSSR count). The highest BCUT2D eigenvalue weighted by atomic mass is 35.5. The highest BCUT2D eigenvalue weighted by Crippen LogP contribution is 2.28. The molecule has 110 valence electrons. The number of hydrogen-bond donors (Lipinski definition) is 3. The van der Waals surface area contributed by atoms with E-state index in [9.17, 15) is 9.59 Å². The van der Waals surface area contributed by atoms with E-state index in [1.54, 1.807) is 6.07 Å². The van der Waals surface area contributed by atoms with E-state index < -0.39 is 11.3 Å². The molecular weight excluding hydrogens is 278 g/mol. The molecule has 0 bridgehead atoms. The lowest BCUT2D eigenvalue weighted by atomic mass is 9.81. The third-order valence-corrected chi connectivity index (χ3v) is 4.03. The molecule has 0 aromatic heterocycles. The van der Waals surface area contributed by atoms with Crippen molar-refractivity contribution in [3.05, 3.63) is 28.8 Å². The van der Waals surface area contributed by atoms with Crippen molar-refractivity contribution in [1.82, 2.24) is 0 Å². The minimum Gasteiger partial charge on any atom is -0.366 e. The van der Waals surface area contributed by atoms with E-state index in [1.807, 2.05) is 13.8 Å². The molecule has 5 N–H and O–H groups in total. The van der Waals surface area contributed by atoms with Gasteiger partial charge in [0.2, 0.25) is 11.8 Å². The third-order valence-electron chi connectivity index (χ3n) is 3.72. The van der Waals surface area contributed by atoms with Crippen LogP contribution in [0.5, 0.6) is 0 Å². The van der Waals surface area contributed by atoms with E-state index in [0.29, 0.717) is 18.5 Å². The van der Waals surface area contributed by atoms with Gasteiger partial charge < -0.3 is 16.8 Å². The molecule has 0 saturated heterocycles. The molecule has 0 aliphatic carbocycles. The lowest BCUT2D eigenvalue weighted by Crippen LogP contribution is -2.41. The van der Waals surface area contributed by atoms with Crippen molar-refractivity contribution in [2.45, 2.75) is 26.7 Å². The van der Waals surface area contributed by atoms with Crippen molar-refractivity contribution in [2.75, 3.05) is 11.9 Å². The van der Waals surface area contributed by atoms with Gasteiger partial charge in [-0.25, -0.2) is 0 Å². The van der Waals surface area contributed by atoms with Crippen LogP contribution in [0.1, 0.15) is 37.0 Å². The summed E-state index contributed by atoms with van der Waals surface area (Å²) < 4.78 is 0. The predicted molar refractivity (Wildman–Crippen MR) is 80.7 cm³/mol. The summed E-state index contributed by atoms with van der Waals surface area (Å²) in [6, 6.07) is 4.59. The number of rotatable bonds is 6. The van der Waals surface area contributed by atoms with Gasteiger partial charge in [-0.15, -0.1) is 0 Å².